The van der Waals surface area contributed by atoms with Crippen molar-refractivity contribution in [2.45, 2.75) is 0 Å². The number of esters is 1. The molecule has 2 N–H and O–H groups in total. The third-order valence-corrected chi connectivity index (χ3v) is 1.35. The molecule has 0 aliphatic heterocycles. The summed E-state index contributed by atoms with van der Waals surface area (Å²) in [6.07, 6.45) is 1.15. The van der Waals surface area contributed by atoms with Crippen molar-refractivity contribution in [1.82, 2.24) is 4.98 Å². The second kappa shape index (κ2) is 3.17. The van der Waals surface area contributed by atoms with Crippen LogP contribution < -0.4 is 5.73 Å². The Morgan fingerprint density at radius 3 is 3.00 bits per heavy atom. The molecule has 1 heterocycles. The summed E-state index contributed by atoms with van der Waals surface area (Å²) < 4.78 is 17.0. The van der Waals surface area contributed by atoms with Crippen LogP contribution in [0.1, 0.15) is 10.4 Å². The molecule has 0 spiro atoms. The Bertz CT molecular complexity index is 314. The molecule has 1 aromatic rings. The van der Waals surface area contributed by atoms with Crippen LogP contribution in [0, 0.1) is 5.95 Å². The first-order valence-electron chi connectivity index (χ1n) is 3.15. The summed E-state index contributed by atoms with van der Waals surface area (Å²) in [6, 6.07) is 1.30. The number of nitrogen functional groups attached to an aromatic ring is 1. The van der Waals surface area contributed by atoms with Gasteiger partial charge in [-0.1, -0.05) is 0 Å². The lowest BCUT2D eigenvalue weighted by atomic mass is 10.2. The van der Waals surface area contributed by atoms with Gasteiger partial charge in [-0.25, -0.2) is 9.78 Å². The van der Waals surface area contributed by atoms with Gasteiger partial charge in [0, 0.05) is 6.20 Å². The highest BCUT2D eigenvalue weighted by Gasteiger charge is 2.12. The zero-order valence-corrected chi connectivity index (χ0v) is 6.37. The Kier molecular flexibility index (Phi) is 2.23. The lowest BCUT2D eigenvalue weighted by Crippen LogP contribution is -2.07. The molecule has 0 aromatic carbocycles. The van der Waals surface area contributed by atoms with Crippen molar-refractivity contribution < 1.29 is 13.9 Å². The number of anilines is 1. The molecule has 1 aromatic heterocycles. The minimum atomic E-state index is -0.863. The molecule has 0 fully saturated rings. The van der Waals surface area contributed by atoms with Crippen LogP contribution in [0.15, 0.2) is 12.3 Å². The standard InChI is InChI=1S/C7H7FN2O2/c1-12-7(11)4-2-3-10-6(8)5(4)9/h2-3H,9H2,1H3. The summed E-state index contributed by atoms with van der Waals surface area (Å²) in [6.45, 7) is 0. The van der Waals surface area contributed by atoms with Gasteiger partial charge in [-0.05, 0) is 6.07 Å². The second-order valence-corrected chi connectivity index (χ2v) is 2.05. The van der Waals surface area contributed by atoms with E-state index in [1.54, 1.807) is 0 Å². The number of rotatable bonds is 1. The van der Waals surface area contributed by atoms with Crippen molar-refractivity contribution in [2.24, 2.45) is 0 Å². The number of halogens is 1. The molecular weight excluding hydrogens is 163 g/mol. The maximum absolute atomic E-state index is 12.6. The molecule has 0 saturated carbocycles. The van der Waals surface area contributed by atoms with Crippen molar-refractivity contribution in [3.05, 3.63) is 23.8 Å². The minimum absolute atomic E-state index is 0.00926. The monoisotopic (exact) mass is 170 g/mol. The second-order valence-electron chi connectivity index (χ2n) is 2.05. The van der Waals surface area contributed by atoms with Crippen LogP contribution in [0.2, 0.25) is 0 Å². The van der Waals surface area contributed by atoms with E-state index in [-0.39, 0.29) is 11.3 Å². The van der Waals surface area contributed by atoms with Crippen molar-refractivity contribution in [3.8, 4) is 0 Å². The zero-order valence-electron chi connectivity index (χ0n) is 6.37. The summed E-state index contributed by atoms with van der Waals surface area (Å²) in [5.74, 6) is -1.54. The molecule has 0 aliphatic carbocycles. The summed E-state index contributed by atoms with van der Waals surface area (Å²) in [4.78, 5) is 14.1. The first-order chi connectivity index (χ1) is 5.66. The lowest BCUT2D eigenvalue weighted by molar-refractivity contribution is 0.0601. The Hall–Kier alpha value is -1.65. The highest BCUT2D eigenvalue weighted by Crippen LogP contribution is 2.13. The maximum Gasteiger partial charge on any atom is 0.340 e. The Labute approximate surface area is 68.2 Å². The lowest BCUT2D eigenvalue weighted by Gasteiger charge is -2.01. The van der Waals surface area contributed by atoms with E-state index in [1.165, 1.54) is 13.2 Å². The summed E-state index contributed by atoms with van der Waals surface area (Å²) in [7, 11) is 1.19. The van der Waals surface area contributed by atoms with Gasteiger partial charge in [0.15, 0.2) is 0 Å². The van der Waals surface area contributed by atoms with Crippen LogP contribution >= 0.6 is 0 Å². The third-order valence-electron chi connectivity index (χ3n) is 1.35. The number of carbonyl (C=O) groups is 1. The van der Waals surface area contributed by atoms with E-state index in [0.717, 1.165) is 6.20 Å². The van der Waals surface area contributed by atoms with Gasteiger partial charge in [0.1, 0.15) is 5.69 Å². The predicted octanol–water partition coefficient (Wildman–Crippen LogP) is 0.590. The number of hydrogen-bond acceptors (Lipinski definition) is 4. The molecule has 0 aliphatic rings. The van der Waals surface area contributed by atoms with Crippen LogP contribution in [0.3, 0.4) is 0 Å². The molecule has 0 radical (unpaired) electrons. The molecule has 64 valence electrons. The molecule has 4 nitrogen and oxygen atoms in total. The Morgan fingerprint density at radius 2 is 2.42 bits per heavy atom. The third kappa shape index (κ3) is 1.34. The fourth-order valence-corrected chi connectivity index (χ4v) is 0.736. The van der Waals surface area contributed by atoms with E-state index < -0.39 is 11.9 Å². The number of carbonyl (C=O) groups excluding carboxylic acids is 1. The van der Waals surface area contributed by atoms with Gasteiger partial charge in [0.2, 0.25) is 5.95 Å². The molecule has 12 heavy (non-hydrogen) atoms. The van der Waals surface area contributed by atoms with Gasteiger partial charge in [0.25, 0.3) is 0 Å². The molecule has 0 amide bonds. The molecule has 0 unspecified atom stereocenters. The first-order valence-corrected chi connectivity index (χ1v) is 3.15. The summed E-state index contributed by atoms with van der Waals surface area (Å²) in [5, 5.41) is 0. The highest BCUT2D eigenvalue weighted by atomic mass is 19.1. The van der Waals surface area contributed by atoms with Crippen LogP contribution in [0.4, 0.5) is 10.1 Å². The molecule has 0 saturated heterocycles. The average molecular weight is 170 g/mol. The maximum atomic E-state index is 12.6. The quantitative estimate of drug-likeness (QED) is 0.494. The molecule has 0 bridgehead atoms. The van der Waals surface area contributed by atoms with E-state index in [0.29, 0.717) is 0 Å². The molecular formula is C7H7FN2O2. The topological polar surface area (TPSA) is 65.2 Å². The van der Waals surface area contributed by atoms with Crippen LogP contribution in [-0.2, 0) is 4.74 Å². The Balaban J connectivity index is 3.16. The largest absolute Gasteiger partial charge is 0.465 e. The van der Waals surface area contributed by atoms with Gasteiger partial charge >= 0.3 is 5.97 Å². The first kappa shape index (κ1) is 8.45. The van der Waals surface area contributed by atoms with Crippen LogP contribution in [0.25, 0.3) is 0 Å². The van der Waals surface area contributed by atoms with Crippen molar-refractivity contribution in [1.29, 1.82) is 0 Å². The van der Waals surface area contributed by atoms with E-state index in [4.69, 9.17) is 5.73 Å². The number of ether oxygens (including phenoxy) is 1. The van der Waals surface area contributed by atoms with Gasteiger partial charge in [-0.2, -0.15) is 4.39 Å². The van der Waals surface area contributed by atoms with Crippen molar-refractivity contribution >= 4 is 11.7 Å². The normalized spacial score (nSPS) is 9.50. The molecule has 1 rings (SSSR count). The van der Waals surface area contributed by atoms with E-state index >= 15 is 0 Å². The fourth-order valence-electron chi connectivity index (χ4n) is 0.736. The van der Waals surface area contributed by atoms with E-state index in [9.17, 15) is 9.18 Å². The van der Waals surface area contributed by atoms with Crippen LogP contribution in [0.5, 0.6) is 0 Å². The van der Waals surface area contributed by atoms with Crippen molar-refractivity contribution in [2.75, 3.05) is 12.8 Å². The Morgan fingerprint density at radius 1 is 1.75 bits per heavy atom. The minimum Gasteiger partial charge on any atom is -0.465 e. The van der Waals surface area contributed by atoms with Gasteiger partial charge in [-0.15, -0.1) is 0 Å². The number of nitrogens with zero attached hydrogens (tertiary/aromatic N) is 1. The van der Waals surface area contributed by atoms with Crippen molar-refractivity contribution in [3.63, 3.8) is 0 Å². The number of methoxy groups -OCH3 is 1. The molecule has 5 heteroatoms. The number of pyridine rings is 1. The number of aromatic nitrogens is 1. The summed E-state index contributed by atoms with van der Waals surface area (Å²) >= 11 is 0. The van der Waals surface area contributed by atoms with Crippen LogP contribution in [-0.4, -0.2) is 18.1 Å². The van der Waals surface area contributed by atoms with E-state index in [1.807, 2.05) is 0 Å². The zero-order chi connectivity index (χ0) is 9.14. The van der Waals surface area contributed by atoms with Gasteiger partial charge in [-0.3, -0.25) is 0 Å². The number of hydrogen-bond donors (Lipinski definition) is 1. The smallest absolute Gasteiger partial charge is 0.340 e. The molecule has 0 atom stereocenters. The predicted molar refractivity (Wildman–Crippen MR) is 39.9 cm³/mol. The fraction of sp³-hybridized carbons (Fsp3) is 0.143. The SMILES string of the molecule is COC(=O)c1ccnc(F)c1N. The van der Waals surface area contributed by atoms with Gasteiger partial charge in [0.05, 0.1) is 12.7 Å². The van der Waals surface area contributed by atoms with E-state index in [2.05, 4.69) is 9.72 Å². The highest BCUT2D eigenvalue weighted by molar-refractivity contribution is 5.94. The number of nitrogens with two attached hydrogens (primary N) is 1. The van der Waals surface area contributed by atoms with Gasteiger partial charge < -0.3 is 10.5 Å². The summed E-state index contributed by atoms with van der Waals surface area (Å²) in [5.41, 5.74) is 4.92. The average Bonchev–Trinajstić information content (AvgIpc) is 2.08.